The predicted octanol–water partition coefficient (Wildman–Crippen LogP) is 3.93. The van der Waals surface area contributed by atoms with E-state index in [9.17, 15) is 13.2 Å². The van der Waals surface area contributed by atoms with E-state index in [1.54, 1.807) is 11.8 Å². The van der Waals surface area contributed by atoms with E-state index in [1.807, 2.05) is 42.5 Å². The summed E-state index contributed by atoms with van der Waals surface area (Å²) in [5.41, 5.74) is 0.758. The van der Waals surface area contributed by atoms with Gasteiger partial charge in [0.2, 0.25) is 5.91 Å². The second-order valence-electron chi connectivity index (χ2n) is 7.18. The first kappa shape index (κ1) is 18.9. The number of sulfone groups is 1. The molecule has 2 aromatic rings. The Morgan fingerprint density at radius 1 is 1.15 bits per heavy atom. The molecule has 1 amide bonds. The molecule has 0 spiro atoms. The van der Waals surface area contributed by atoms with Gasteiger partial charge in [-0.3, -0.25) is 4.79 Å². The van der Waals surface area contributed by atoms with Crippen molar-refractivity contribution in [3.05, 3.63) is 48.0 Å². The molecule has 140 valence electrons. The molecule has 1 heterocycles. The van der Waals surface area contributed by atoms with E-state index in [0.29, 0.717) is 6.54 Å². The Morgan fingerprint density at radius 3 is 2.65 bits per heavy atom. The van der Waals surface area contributed by atoms with Crippen molar-refractivity contribution in [1.29, 1.82) is 0 Å². The maximum atomic E-state index is 13.0. The lowest BCUT2D eigenvalue weighted by atomic mass is 10.00. The Bertz CT molecular complexity index is 886. The van der Waals surface area contributed by atoms with Crippen LogP contribution in [0.2, 0.25) is 0 Å². The Labute approximate surface area is 156 Å². The van der Waals surface area contributed by atoms with E-state index in [1.165, 1.54) is 0 Å². The molecule has 1 aliphatic rings. The standard InChI is InChI=1S/C21H27NO3S/c1-3-19-12-6-7-14-22(19)21(23)16(2)26(24,25)15-18-11-8-10-17-9-4-5-13-20(17)18/h4-5,8-11,13,16,19H,3,6-7,12,14-15H2,1-2H3/t16-,19-/m1/s1. The van der Waals surface area contributed by atoms with Gasteiger partial charge in [0.25, 0.3) is 0 Å². The molecule has 0 saturated carbocycles. The van der Waals surface area contributed by atoms with Crippen LogP contribution >= 0.6 is 0 Å². The van der Waals surface area contributed by atoms with Gasteiger partial charge in [0.1, 0.15) is 5.25 Å². The first-order valence-electron chi connectivity index (χ1n) is 9.42. The fraction of sp³-hybridized carbons (Fsp3) is 0.476. The summed E-state index contributed by atoms with van der Waals surface area (Å²) in [5, 5.41) is 0.942. The zero-order chi connectivity index (χ0) is 18.7. The third-order valence-corrected chi connectivity index (χ3v) is 7.50. The van der Waals surface area contributed by atoms with Crippen molar-refractivity contribution in [1.82, 2.24) is 4.90 Å². The molecule has 0 N–H and O–H groups in total. The molecule has 0 unspecified atom stereocenters. The van der Waals surface area contributed by atoms with Crippen molar-refractivity contribution in [3.63, 3.8) is 0 Å². The molecule has 1 saturated heterocycles. The summed E-state index contributed by atoms with van der Waals surface area (Å²) in [6, 6.07) is 13.6. The number of carbonyl (C=O) groups is 1. The number of carbonyl (C=O) groups excluding carboxylic acids is 1. The second-order valence-corrected chi connectivity index (χ2v) is 9.50. The number of benzene rings is 2. The molecule has 0 aliphatic carbocycles. The Hall–Kier alpha value is -1.88. The van der Waals surface area contributed by atoms with Gasteiger partial charge in [-0.25, -0.2) is 8.42 Å². The third-order valence-electron chi connectivity index (χ3n) is 5.50. The largest absolute Gasteiger partial charge is 0.339 e. The highest BCUT2D eigenvalue weighted by atomic mass is 32.2. The van der Waals surface area contributed by atoms with Crippen molar-refractivity contribution >= 4 is 26.5 Å². The number of hydrogen-bond donors (Lipinski definition) is 0. The molecule has 26 heavy (non-hydrogen) atoms. The maximum Gasteiger partial charge on any atom is 0.240 e. The number of amides is 1. The van der Waals surface area contributed by atoms with E-state index >= 15 is 0 Å². The minimum atomic E-state index is -3.58. The SMILES string of the molecule is CC[C@@H]1CCCCN1C(=O)[C@@H](C)S(=O)(=O)Cc1cccc2ccccc12. The average molecular weight is 374 g/mol. The molecule has 2 atom stereocenters. The van der Waals surface area contributed by atoms with E-state index in [4.69, 9.17) is 0 Å². The number of likely N-dealkylation sites (tertiary alicyclic amines) is 1. The molecule has 1 aliphatic heterocycles. The van der Waals surface area contributed by atoms with Gasteiger partial charge >= 0.3 is 0 Å². The smallest absolute Gasteiger partial charge is 0.240 e. The summed E-state index contributed by atoms with van der Waals surface area (Å²) >= 11 is 0. The second kappa shape index (κ2) is 7.78. The first-order valence-corrected chi connectivity index (χ1v) is 11.1. The molecule has 0 aromatic heterocycles. The summed E-state index contributed by atoms with van der Waals surface area (Å²) in [4.78, 5) is 14.7. The van der Waals surface area contributed by atoms with Gasteiger partial charge in [0.15, 0.2) is 9.84 Å². The Kier molecular flexibility index (Phi) is 5.66. The van der Waals surface area contributed by atoms with E-state index < -0.39 is 15.1 Å². The summed E-state index contributed by atoms with van der Waals surface area (Å²) < 4.78 is 26.0. The van der Waals surface area contributed by atoms with Crippen LogP contribution in [0.3, 0.4) is 0 Å². The fourth-order valence-corrected chi connectivity index (χ4v) is 5.24. The van der Waals surface area contributed by atoms with Gasteiger partial charge in [-0.1, -0.05) is 49.4 Å². The molecule has 0 bridgehead atoms. The summed E-state index contributed by atoms with van der Waals surface area (Å²) in [6.45, 7) is 4.28. The number of rotatable bonds is 5. The van der Waals surface area contributed by atoms with Gasteiger partial charge in [0.05, 0.1) is 5.75 Å². The van der Waals surface area contributed by atoms with Crippen LogP contribution in [0, 0.1) is 0 Å². The molecule has 4 nitrogen and oxygen atoms in total. The van der Waals surface area contributed by atoms with Crippen molar-refractivity contribution in [2.75, 3.05) is 6.54 Å². The van der Waals surface area contributed by atoms with Gasteiger partial charge < -0.3 is 4.90 Å². The monoisotopic (exact) mass is 373 g/mol. The lowest BCUT2D eigenvalue weighted by molar-refractivity contribution is -0.134. The van der Waals surface area contributed by atoms with Gasteiger partial charge in [-0.05, 0) is 48.9 Å². The first-order chi connectivity index (χ1) is 12.4. The molecular weight excluding hydrogens is 346 g/mol. The van der Waals surface area contributed by atoms with E-state index in [2.05, 4.69) is 6.92 Å². The normalized spacial score (nSPS) is 19.5. The molecule has 1 fully saturated rings. The van der Waals surface area contributed by atoms with Crippen molar-refractivity contribution in [2.45, 2.75) is 56.6 Å². The number of fused-ring (bicyclic) bond motifs is 1. The minimum Gasteiger partial charge on any atom is -0.339 e. The number of piperidine rings is 1. The molecule has 3 rings (SSSR count). The zero-order valence-corrected chi connectivity index (χ0v) is 16.3. The van der Waals surface area contributed by atoms with Crippen molar-refractivity contribution in [3.8, 4) is 0 Å². The summed E-state index contributed by atoms with van der Waals surface area (Å²) in [7, 11) is -3.58. The zero-order valence-electron chi connectivity index (χ0n) is 15.5. The van der Waals surface area contributed by atoms with Crippen LogP contribution in [0.1, 0.15) is 45.1 Å². The van der Waals surface area contributed by atoms with Crippen LogP contribution in [-0.2, 0) is 20.4 Å². The van der Waals surface area contributed by atoms with Gasteiger partial charge in [0, 0.05) is 12.6 Å². The molecule has 2 aromatic carbocycles. The number of nitrogens with zero attached hydrogens (tertiary/aromatic N) is 1. The summed E-state index contributed by atoms with van der Waals surface area (Å²) in [6.07, 6.45) is 3.91. The van der Waals surface area contributed by atoms with Crippen LogP contribution in [0.5, 0.6) is 0 Å². The van der Waals surface area contributed by atoms with Crippen LogP contribution in [0.15, 0.2) is 42.5 Å². The van der Waals surface area contributed by atoms with Crippen LogP contribution in [0.25, 0.3) is 10.8 Å². The van der Waals surface area contributed by atoms with Crippen molar-refractivity contribution in [2.24, 2.45) is 0 Å². The predicted molar refractivity (Wildman–Crippen MR) is 106 cm³/mol. The molecular formula is C21H27NO3S. The van der Waals surface area contributed by atoms with Crippen molar-refractivity contribution < 1.29 is 13.2 Å². The Balaban J connectivity index is 1.83. The highest BCUT2D eigenvalue weighted by Crippen LogP contribution is 2.25. The maximum absolute atomic E-state index is 13.0. The Morgan fingerprint density at radius 2 is 1.88 bits per heavy atom. The fourth-order valence-electron chi connectivity index (χ4n) is 3.86. The lowest BCUT2D eigenvalue weighted by Crippen LogP contribution is -2.49. The topological polar surface area (TPSA) is 54.5 Å². The van der Waals surface area contributed by atoms with E-state index in [0.717, 1.165) is 42.0 Å². The van der Waals surface area contributed by atoms with Gasteiger partial charge in [-0.15, -0.1) is 0 Å². The quantitative estimate of drug-likeness (QED) is 0.798. The van der Waals surface area contributed by atoms with Crippen LogP contribution in [-0.4, -0.2) is 37.1 Å². The van der Waals surface area contributed by atoms with Gasteiger partial charge in [-0.2, -0.15) is 0 Å². The molecule has 5 heteroatoms. The van der Waals surface area contributed by atoms with Crippen LogP contribution < -0.4 is 0 Å². The van der Waals surface area contributed by atoms with E-state index in [-0.39, 0.29) is 17.7 Å². The lowest BCUT2D eigenvalue weighted by Gasteiger charge is -2.36. The van der Waals surface area contributed by atoms with Crippen LogP contribution in [0.4, 0.5) is 0 Å². The highest BCUT2D eigenvalue weighted by molar-refractivity contribution is 7.92. The average Bonchev–Trinajstić information content (AvgIpc) is 2.67. The molecule has 0 radical (unpaired) electrons. The third kappa shape index (κ3) is 3.78. The minimum absolute atomic E-state index is 0.105. The summed E-state index contributed by atoms with van der Waals surface area (Å²) in [5.74, 6) is -0.344. The number of hydrogen-bond acceptors (Lipinski definition) is 3. The highest BCUT2D eigenvalue weighted by Gasteiger charge is 2.35.